The number of carbonyl (C=O) groups excluding carboxylic acids is 1. The average Bonchev–Trinajstić information content (AvgIpc) is 4.00. The van der Waals surface area contributed by atoms with Gasteiger partial charge in [0.15, 0.2) is 0 Å². The minimum absolute atomic E-state index is 0.0414. The number of hydrogen-bond donors (Lipinski definition) is 1. The second-order valence-electron chi connectivity index (χ2n) is 16.5. The van der Waals surface area contributed by atoms with E-state index < -0.39 is 6.10 Å². The molecule has 5 rings (SSSR count). The third-order valence-electron chi connectivity index (χ3n) is 11.5. The molecule has 1 N–H and O–H groups in total. The molecule has 316 valence electrons. The molecular weight excluding hydrogens is 725 g/mol. The lowest BCUT2D eigenvalue weighted by molar-refractivity contribution is -0.139. The molecule has 0 spiro atoms. The van der Waals surface area contributed by atoms with Crippen molar-refractivity contribution in [1.29, 1.82) is 0 Å². The fraction of sp³-hybridized carbons (Fsp3) is 0.627. The molecule has 8 atom stereocenters. The molecule has 2 aromatic rings. The summed E-state index contributed by atoms with van der Waals surface area (Å²) in [5, 5.41) is 10.3. The van der Waals surface area contributed by atoms with E-state index in [0.29, 0.717) is 31.6 Å². The Balaban J connectivity index is 1.06. The third-order valence-corrected chi connectivity index (χ3v) is 11.5. The molecule has 2 saturated heterocycles. The standard InChI is InChI=1S/C51H70O7/c1-3-4-5-6-7-11-14-23-30-45(54-38-41-25-18-16-19-26-41)47-32-34-49(57-47)50-35-33-48(58-50)46(55-39-42-27-20-17-21-28-42)31-24-15-12-9-8-10-13-22-29-44(52)37-43-36-40(2)56-51(43)53/h16-21,25-28,36,40,44-50,52H,3-12,14-15,23,29-30,32-35,37-39H2,1-2H3/t40-,44-,45-,46+,47+,48+,49+,50+/m0/s1. The Hall–Kier alpha value is -3.43. The highest BCUT2D eigenvalue weighted by atomic mass is 16.6. The summed E-state index contributed by atoms with van der Waals surface area (Å²) in [6.45, 7) is 5.21. The van der Waals surface area contributed by atoms with Crippen molar-refractivity contribution in [3.05, 3.63) is 83.4 Å². The van der Waals surface area contributed by atoms with Crippen molar-refractivity contribution < 1.29 is 33.6 Å². The van der Waals surface area contributed by atoms with Gasteiger partial charge in [0, 0.05) is 31.3 Å². The van der Waals surface area contributed by atoms with E-state index in [1.807, 2.05) is 25.1 Å². The molecule has 3 aliphatic rings. The molecule has 2 aromatic carbocycles. The van der Waals surface area contributed by atoms with E-state index in [4.69, 9.17) is 23.7 Å². The Morgan fingerprint density at radius 1 is 0.707 bits per heavy atom. The lowest BCUT2D eigenvalue weighted by atomic mass is 10.0. The lowest BCUT2D eigenvalue weighted by Crippen LogP contribution is -2.34. The molecule has 2 fully saturated rings. The topological polar surface area (TPSA) is 83.5 Å². The van der Waals surface area contributed by atoms with Crippen molar-refractivity contribution in [1.82, 2.24) is 0 Å². The van der Waals surface area contributed by atoms with E-state index in [9.17, 15) is 9.90 Å². The third kappa shape index (κ3) is 16.7. The number of cyclic esters (lactones) is 1. The van der Waals surface area contributed by atoms with Crippen LogP contribution in [0.4, 0.5) is 0 Å². The number of benzene rings is 2. The number of ether oxygens (including phenoxy) is 5. The summed E-state index contributed by atoms with van der Waals surface area (Å²) in [4.78, 5) is 11.8. The number of carbonyl (C=O) groups is 1. The van der Waals surface area contributed by atoms with Crippen LogP contribution in [0, 0.1) is 23.7 Å². The summed E-state index contributed by atoms with van der Waals surface area (Å²) < 4.78 is 31.7. The molecule has 58 heavy (non-hydrogen) atoms. The largest absolute Gasteiger partial charge is 0.455 e. The van der Waals surface area contributed by atoms with Crippen molar-refractivity contribution in [2.45, 2.75) is 204 Å². The van der Waals surface area contributed by atoms with E-state index in [1.54, 1.807) is 6.08 Å². The zero-order valence-electron chi connectivity index (χ0n) is 35.4. The van der Waals surface area contributed by atoms with Gasteiger partial charge in [-0.15, -0.1) is 17.8 Å². The van der Waals surface area contributed by atoms with Crippen LogP contribution >= 0.6 is 0 Å². The van der Waals surface area contributed by atoms with Crippen LogP contribution in [0.1, 0.15) is 153 Å². The van der Waals surface area contributed by atoms with Gasteiger partial charge >= 0.3 is 5.97 Å². The van der Waals surface area contributed by atoms with Crippen LogP contribution in [0.5, 0.6) is 0 Å². The molecule has 7 heteroatoms. The van der Waals surface area contributed by atoms with Crippen LogP contribution in [0.25, 0.3) is 0 Å². The number of aliphatic hydroxyl groups excluding tert-OH is 1. The minimum Gasteiger partial charge on any atom is -0.455 e. The zero-order chi connectivity index (χ0) is 40.6. The molecule has 0 bridgehead atoms. The predicted molar refractivity (Wildman–Crippen MR) is 231 cm³/mol. The van der Waals surface area contributed by atoms with E-state index in [2.05, 4.69) is 73.1 Å². The second-order valence-corrected chi connectivity index (χ2v) is 16.5. The molecule has 3 aliphatic heterocycles. The smallest absolute Gasteiger partial charge is 0.334 e. The molecular formula is C51H70O7. The Morgan fingerprint density at radius 2 is 1.29 bits per heavy atom. The van der Waals surface area contributed by atoms with Crippen LogP contribution in [0.2, 0.25) is 0 Å². The Kier molecular flexibility index (Phi) is 21.0. The van der Waals surface area contributed by atoms with Crippen molar-refractivity contribution in [2.75, 3.05) is 0 Å². The zero-order valence-corrected chi connectivity index (χ0v) is 35.4. The van der Waals surface area contributed by atoms with Gasteiger partial charge in [0.25, 0.3) is 0 Å². The van der Waals surface area contributed by atoms with Crippen molar-refractivity contribution in [3.8, 4) is 23.7 Å². The average molecular weight is 795 g/mol. The van der Waals surface area contributed by atoms with Crippen LogP contribution in [0.3, 0.4) is 0 Å². The van der Waals surface area contributed by atoms with Gasteiger partial charge in [-0.2, -0.15) is 0 Å². The maximum Gasteiger partial charge on any atom is 0.334 e. The summed E-state index contributed by atoms with van der Waals surface area (Å²) in [5.41, 5.74) is 2.88. The molecule has 0 amide bonds. The van der Waals surface area contributed by atoms with Gasteiger partial charge in [-0.25, -0.2) is 4.79 Å². The van der Waals surface area contributed by atoms with Crippen LogP contribution in [-0.4, -0.2) is 59.9 Å². The number of esters is 1. The first-order valence-corrected chi connectivity index (χ1v) is 22.6. The maximum atomic E-state index is 11.8. The number of unbranched alkanes of at least 4 members (excludes halogenated alkanes) is 11. The quantitative estimate of drug-likeness (QED) is 0.0609. The van der Waals surface area contributed by atoms with E-state index >= 15 is 0 Å². The highest BCUT2D eigenvalue weighted by molar-refractivity contribution is 5.90. The lowest BCUT2D eigenvalue weighted by Gasteiger charge is -2.27. The molecule has 0 saturated carbocycles. The van der Waals surface area contributed by atoms with Gasteiger partial charge < -0.3 is 28.8 Å². The minimum atomic E-state index is -0.655. The van der Waals surface area contributed by atoms with Crippen LogP contribution < -0.4 is 0 Å². The van der Waals surface area contributed by atoms with Gasteiger partial charge in [-0.05, 0) is 69.1 Å². The van der Waals surface area contributed by atoms with Crippen molar-refractivity contribution in [3.63, 3.8) is 0 Å². The van der Waals surface area contributed by atoms with E-state index in [0.717, 1.165) is 69.8 Å². The monoisotopic (exact) mass is 795 g/mol. The first-order valence-electron chi connectivity index (χ1n) is 22.6. The number of rotatable bonds is 25. The van der Waals surface area contributed by atoms with Gasteiger partial charge in [0.2, 0.25) is 0 Å². The maximum absolute atomic E-state index is 11.8. The summed E-state index contributed by atoms with van der Waals surface area (Å²) >= 11 is 0. The Bertz CT molecular complexity index is 1600. The number of aliphatic hydroxyl groups is 1. The SMILES string of the molecule is CCCCCCCCCC[C@H](OCc1ccccc1)[C@H]1CC[C@H]([C@H]2CC[C@H]([C@@H](C#CCCCCCC#CC[C@H](O)CC3=C[C@H](C)OC3=O)OCc3ccccc3)O2)O1. The van der Waals surface area contributed by atoms with E-state index in [-0.39, 0.29) is 48.7 Å². The Labute approximate surface area is 350 Å². The normalized spacial score (nSPS) is 23.0. The summed E-state index contributed by atoms with van der Waals surface area (Å²) in [7, 11) is 0. The summed E-state index contributed by atoms with van der Waals surface area (Å²) in [5.74, 6) is 12.8. The molecule has 0 radical (unpaired) electrons. The molecule has 0 aromatic heterocycles. The van der Waals surface area contributed by atoms with Gasteiger partial charge in [0.1, 0.15) is 12.2 Å². The molecule has 7 nitrogen and oxygen atoms in total. The van der Waals surface area contributed by atoms with Gasteiger partial charge in [-0.3, -0.25) is 0 Å². The Morgan fingerprint density at radius 3 is 1.95 bits per heavy atom. The fourth-order valence-corrected chi connectivity index (χ4v) is 8.22. The molecule has 0 aliphatic carbocycles. The summed E-state index contributed by atoms with van der Waals surface area (Å²) in [6, 6.07) is 20.8. The molecule has 3 heterocycles. The van der Waals surface area contributed by atoms with Crippen LogP contribution in [-0.2, 0) is 41.7 Å². The van der Waals surface area contributed by atoms with Gasteiger partial charge in [0.05, 0.1) is 49.8 Å². The van der Waals surface area contributed by atoms with Gasteiger partial charge in [-0.1, -0.05) is 131 Å². The second kappa shape index (κ2) is 26.6. The first kappa shape index (κ1) is 45.7. The first-order chi connectivity index (χ1) is 28.5. The van der Waals surface area contributed by atoms with Crippen molar-refractivity contribution >= 4 is 5.97 Å². The predicted octanol–water partition coefficient (Wildman–Crippen LogP) is 10.8. The highest BCUT2D eigenvalue weighted by Crippen LogP contribution is 2.35. The molecule has 0 unspecified atom stereocenters. The number of hydrogen-bond acceptors (Lipinski definition) is 7. The fourth-order valence-electron chi connectivity index (χ4n) is 8.22. The summed E-state index contributed by atoms with van der Waals surface area (Å²) in [6.07, 6.45) is 21.4. The van der Waals surface area contributed by atoms with Crippen LogP contribution in [0.15, 0.2) is 72.3 Å². The van der Waals surface area contributed by atoms with E-state index in [1.165, 1.54) is 56.9 Å². The van der Waals surface area contributed by atoms with Crippen molar-refractivity contribution in [2.24, 2.45) is 0 Å². The highest BCUT2D eigenvalue weighted by Gasteiger charge is 2.41.